The van der Waals surface area contributed by atoms with Crippen molar-refractivity contribution in [3.63, 3.8) is 0 Å². The van der Waals surface area contributed by atoms with Crippen molar-refractivity contribution in [3.8, 4) is 16.9 Å². The lowest BCUT2D eigenvalue weighted by molar-refractivity contribution is -0.123. The van der Waals surface area contributed by atoms with Gasteiger partial charge in [0.2, 0.25) is 0 Å². The average molecular weight is 470 g/mol. The van der Waals surface area contributed by atoms with Crippen molar-refractivity contribution in [2.24, 2.45) is 0 Å². The van der Waals surface area contributed by atoms with Crippen molar-refractivity contribution < 1.29 is 14.3 Å². The smallest absolute Gasteiger partial charge is 0.276 e. The Hall–Kier alpha value is -4.20. The molecule has 0 spiro atoms. The molecular weight excluding hydrogens is 442 g/mol. The monoisotopic (exact) mass is 469 g/mol. The lowest BCUT2D eigenvalue weighted by Gasteiger charge is -2.13. The van der Waals surface area contributed by atoms with Gasteiger partial charge in [0.15, 0.2) is 12.3 Å². The molecule has 2 aromatic carbocycles. The standard InChI is InChI=1S/C27H27N5O3/c1-17(2)32-26-22(15-28-32)21(14-23(29-26)19-12-13-19)27(34)31-30-25(33)16-35-24-11-7-6-10-20(24)18-8-4-3-5-9-18/h3-11,14-15,17,19H,12-13,16H2,1-2H3,(H,30,33)(H,31,34). The average Bonchev–Trinajstić information content (AvgIpc) is 3.64. The number of aromatic nitrogens is 3. The van der Waals surface area contributed by atoms with E-state index in [0.29, 0.717) is 28.3 Å². The molecule has 2 N–H and O–H groups in total. The Morgan fingerprint density at radius 1 is 1.06 bits per heavy atom. The second-order valence-electron chi connectivity index (χ2n) is 8.94. The Labute approximate surface area is 203 Å². The summed E-state index contributed by atoms with van der Waals surface area (Å²) < 4.78 is 7.58. The van der Waals surface area contributed by atoms with E-state index in [4.69, 9.17) is 9.72 Å². The van der Waals surface area contributed by atoms with E-state index in [1.807, 2.05) is 73.1 Å². The molecule has 0 saturated heterocycles. The molecule has 0 radical (unpaired) electrons. The molecule has 2 heterocycles. The van der Waals surface area contributed by atoms with Crippen LogP contribution in [0.4, 0.5) is 0 Å². The van der Waals surface area contributed by atoms with Crippen LogP contribution in [0.3, 0.4) is 0 Å². The molecule has 0 unspecified atom stereocenters. The van der Waals surface area contributed by atoms with E-state index in [-0.39, 0.29) is 12.6 Å². The molecular formula is C27H27N5O3. The number of amides is 2. The van der Waals surface area contributed by atoms with Crippen LogP contribution in [0.2, 0.25) is 0 Å². The van der Waals surface area contributed by atoms with E-state index in [9.17, 15) is 9.59 Å². The highest BCUT2D eigenvalue weighted by atomic mass is 16.5. The number of rotatable bonds is 7. The summed E-state index contributed by atoms with van der Waals surface area (Å²) in [5.41, 5.74) is 8.87. The van der Waals surface area contributed by atoms with Gasteiger partial charge in [0.1, 0.15) is 5.75 Å². The second-order valence-corrected chi connectivity index (χ2v) is 8.94. The molecule has 2 amide bonds. The van der Waals surface area contributed by atoms with Gasteiger partial charge in [0, 0.05) is 23.2 Å². The Kier molecular flexibility index (Phi) is 6.18. The van der Waals surface area contributed by atoms with Crippen molar-refractivity contribution in [2.45, 2.75) is 38.6 Å². The first-order valence-electron chi connectivity index (χ1n) is 11.8. The number of pyridine rings is 1. The van der Waals surface area contributed by atoms with Gasteiger partial charge in [-0.15, -0.1) is 0 Å². The van der Waals surface area contributed by atoms with Gasteiger partial charge in [-0.05, 0) is 44.4 Å². The van der Waals surface area contributed by atoms with E-state index < -0.39 is 11.8 Å². The van der Waals surface area contributed by atoms with Crippen LogP contribution >= 0.6 is 0 Å². The van der Waals surface area contributed by atoms with Crippen molar-refractivity contribution >= 4 is 22.8 Å². The summed E-state index contributed by atoms with van der Waals surface area (Å²) in [7, 11) is 0. The molecule has 8 heteroatoms. The van der Waals surface area contributed by atoms with Gasteiger partial charge in [-0.3, -0.25) is 20.4 Å². The van der Waals surface area contributed by atoms with Gasteiger partial charge >= 0.3 is 0 Å². The highest BCUT2D eigenvalue weighted by molar-refractivity contribution is 6.06. The normalized spacial score (nSPS) is 13.1. The molecule has 0 aliphatic heterocycles. The van der Waals surface area contributed by atoms with Gasteiger partial charge in [0.05, 0.1) is 17.1 Å². The molecule has 0 bridgehead atoms. The van der Waals surface area contributed by atoms with E-state index in [1.54, 1.807) is 12.3 Å². The van der Waals surface area contributed by atoms with E-state index in [1.165, 1.54) is 0 Å². The number of para-hydroxylation sites is 1. The zero-order valence-corrected chi connectivity index (χ0v) is 19.7. The van der Waals surface area contributed by atoms with Crippen molar-refractivity contribution in [2.75, 3.05) is 6.61 Å². The van der Waals surface area contributed by atoms with Crippen molar-refractivity contribution in [1.82, 2.24) is 25.6 Å². The number of ether oxygens (including phenoxy) is 1. The maximum atomic E-state index is 13.0. The van der Waals surface area contributed by atoms with Crippen molar-refractivity contribution in [1.29, 1.82) is 0 Å². The minimum absolute atomic E-state index is 0.112. The molecule has 1 saturated carbocycles. The maximum absolute atomic E-state index is 13.0. The van der Waals surface area contributed by atoms with Gasteiger partial charge in [-0.2, -0.15) is 5.10 Å². The number of hydrogen-bond donors (Lipinski definition) is 2. The third kappa shape index (κ3) is 4.87. The van der Waals surface area contributed by atoms with Crippen LogP contribution in [0.25, 0.3) is 22.2 Å². The lowest BCUT2D eigenvalue weighted by Crippen LogP contribution is -2.44. The van der Waals surface area contributed by atoms with Gasteiger partial charge in [-0.1, -0.05) is 48.5 Å². The first kappa shape index (κ1) is 22.6. The fourth-order valence-corrected chi connectivity index (χ4v) is 4.01. The van der Waals surface area contributed by atoms with Gasteiger partial charge in [0.25, 0.3) is 11.8 Å². The number of hydrogen-bond acceptors (Lipinski definition) is 5. The molecule has 35 heavy (non-hydrogen) atoms. The zero-order chi connectivity index (χ0) is 24.4. The summed E-state index contributed by atoms with van der Waals surface area (Å²) in [5.74, 6) is 0.0766. The van der Waals surface area contributed by atoms with E-state index in [2.05, 4.69) is 16.0 Å². The van der Waals surface area contributed by atoms with E-state index in [0.717, 1.165) is 29.7 Å². The predicted molar refractivity (Wildman–Crippen MR) is 133 cm³/mol. The highest BCUT2D eigenvalue weighted by Gasteiger charge is 2.28. The SMILES string of the molecule is CC(C)n1ncc2c(C(=O)NNC(=O)COc3ccccc3-c3ccccc3)cc(C3CC3)nc21. The fraction of sp³-hybridized carbons (Fsp3) is 0.259. The highest BCUT2D eigenvalue weighted by Crippen LogP contribution is 2.40. The molecule has 2 aromatic heterocycles. The van der Waals surface area contributed by atoms with Gasteiger partial charge in [-0.25, -0.2) is 9.67 Å². The summed E-state index contributed by atoms with van der Waals surface area (Å²) in [6.45, 7) is 3.80. The minimum Gasteiger partial charge on any atom is -0.483 e. The Morgan fingerprint density at radius 2 is 1.80 bits per heavy atom. The lowest BCUT2D eigenvalue weighted by atomic mass is 10.1. The first-order valence-corrected chi connectivity index (χ1v) is 11.8. The summed E-state index contributed by atoms with van der Waals surface area (Å²) in [6, 6.07) is 19.2. The Balaban J connectivity index is 1.26. The van der Waals surface area contributed by atoms with Crippen molar-refractivity contribution in [3.05, 3.63) is 78.1 Å². The third-order valence-corrected chi connectivity index (χ3v) is 5.96. The summed E-state index contributed by atoms with van der Waals surface area (Å²) in [4.78, 5) is 30.2. The number of carbonyl (C=O) groups excluding carboxylic acids is 2. The predicted octanol–water partition coefficient (Wildman–Crippen LogP) is 4.40. The molecule has 178 valence electrons. The number of hydrazine groups is 1. The van der Waals surface area contributed by atoms with Crippen LogP contribution in [-0.4, -0.2) is 33.2 Å². The largest absolute Gasteiger partial charge is 0.483 e. The molecule has 5 rings (SSSR count). The van der Waals surface area contributed by atoms with E-state index >= 15 is 0 Å². The summed E-state index contributed by atoms with van der Waals surface area (Å²) >= 11 is 0. The third-order valence-electron chi connectivity index (χ3n) is 5.96. The molecule has 1 aliphatic carbocycles. The fourth-order valence-electron chi connectivity index (χ4n) is 4.01. The quantitative estimate of drug-likeness (QED) is 0.391. The number of nitrogens with one attached hydrogen (secondary N) is 2. The van der Waals surface area contributed by atoms with Crippen LogP contribution in [0.5, 0.6) is 5.75 Å². The van der Waals surface area contributed by atoms with Crippen LogP contribution in [0, 0.1) is 0 Å². The Bertz CT molecular complexity index is 1380. The summed E-state index contributed by atoms with van der Waals surface area (Å²) in [5, 5.41) is 5.07. The first-order chi connectivity index (χ1) is 17.0. The molecule has 0 atom stereocenters. The van der Waals surface area contributed by atoms with Crippen LogP contribution in [-0.2, 0) is 4.79 Å². The molecule has 1 fully saturated rings. The second kappa shape index (κ2) is 9.58. The number of fused-ring (bicyclic) bond motifs is 1. The topological polar surface area (TPSA) is 98.1 Å². The molecule has 4 aromatic rings. The molecule has 8 nitrogen and oxygen atoms in total. The number of benzene rings is 2. The maximum Gasteiger partial charge on any atom is 0.276 e. The number of carbonyl (C=O) groups is 2. The minimum atomic E-state index is -0.466. The number of nitrogens with zero attached hydrogens (tertiary/aromatic N) is 3. The Morgan fingerprint density at radius 3 is 2.54 bits per heavy atom. The zero-order valence-electron chi connectivity index (χ0n) is 19.7. The van der Waals surface area contributed by atoms with Crippen LogP contribution in [0.1, 0.15) is 54.7 Å². The van der Waals surface area contributed by atoms with Gasteiger partial charge < -0.3 is 4.74 Å². The van der Waals surface area contributed by atoms with Crippen LogP contribution < -0.4 is 15.6 Å². The molecule has 1 aliphatic rings. The van der Waals surface area contributed by atoms with Crippen LogP contribution in [0.15, 0.2) is 66.9 Å². The summed E-state index contributed by atoms with van der Waals surface area (Å²) in [6.07, 6.45) is 3.78.